The van der Waals surface area contributed by atoms with Crippen molar-refractivity contribution in [3.8, 4) is 0 Å². The van der Waals surface area contributed by atoms with Crippen LogP contribution in [0.15, 0.2) is 36.5 Å². The summed E-state index contributed by atoms with van der Waals surface area (Å²) in [4.78, 5) is 13.3. The summed E-state index contributed by atoms with van der Waals surface area (Å²) in [5.41, 5.74) is 0. The molecule has 0 aromatic heterocycles. The third-order valence-corrected chi connectivity index (χ3v) is 18.2. The Morgan fingerprint density at radius 1 is 0.407 bits per heavy atom. The van der Waals surface area contributed by atoms with Crippen molar-refractivity contribution in [3.05, 3.63) is 36.5 Å². The summed E-state index contributed by atoms with van der Waals surface area (Å²) in [5, 5.41) is 76.6. The summed E-state index contributed by atoms with van der Waals surface area (Å²) >= 11 is 0. The minimum atomic E-state index is -1.67. The van der Waals surface area contributed by atoms with Crippen LogP contribution in [0.4, 0.5) is 0 Å². The zero-order chi connectivity index (χ0) is 62.4. The minimum Gasteiger partial charge on any atom is -0.394 e. The largest absolute Gasteiger partial charge is 0.394 e. The molecule has 9 unspecified atom stereocenters. The molecule has 0 radical (unpaired) electrons. The minimum absolute atomic E-state index is 0.256. The second-order valence-corrected chi connectivity index (χ2v) is 26.4. The molecule has 1 aliphatic heterocycles. The number of unbranched alkanes of at least 4 members (excludes halogenated alkanes) is 48. The molecule has 0 bridgehead atoms. The third kappa shape index (κ3) is 50.0. The first-order valence-corrected chi connectivity index (χ1v) is 37.4. The fourth-order valence-corrected chi connectivity index (χ4v) is 12.2. The van der Waals surface area contributed by atoms with Crippen molar-refractivity contribution in [3.63, 3.8) is 0 Å². The number of amides is 1. The fourth-order valence-electron chi connectivity index (χ4n) is 12.2. The van der Waals surface area contributed by atoms with Crippen molar-refractivity contribution < 1.29 is 50.0 Å². The predicted molar refractivity (Wildman–Crippen MR) is 362 cm³/mol. The predicted octanol–water partition coefficient (Wildman–Crippen LogP) is 18.5. The number of ether oxygens (including phenoxy) is 2. The van der Waals surface area contributed by atoms with Crippen LogP contribution < -0.4 is 5.32 Å². The Morgan fingerprint density at radius 2 is 0.721 bits per heavy atom. The van der Waals surface area contributed by atoms with E-state index in [1.807, 2.05) is 0 Å². The van der Waals surface area contributed by atoms with E-state index >= 15 is 0 Å². The van der Waals surface area contributed by atoms with Crippen LogP contribution in [0, 0.1) is 0 Å². The molecule has 0 aromatic rings. The molecule has 86 heavy (non-hydrogen) atoms. The SMILES string of the molecule is CCCCCCCCCCC/C=C\C/C=C\CCCCCCCCCCCCCCCCCCC(O)C(=O)NC(COC1OC(CO)C(O)C(O)C1O)C(O)C(O)CCC/C=C/CCCCCCCCCCCCCCCCCCCCCCCC. The van der Waals surface area contributed by atoms with Gasteiger partial charge in [-0.3, -0.25) is 4.79 Å². The molecule has 1 fully saturated rings. The van der Waals surface area contributed by atoms with Gasteiger partial charge in [0.25, 0.3) is 0 Å². The van der Waals surface area contributed by atoms with Gasteiger partial charge in [0, 0.05) is 0 Å². The molecule has 8 N–H and O–H groups in total. The van der Waals surface area contributed by atoms with Crippen molar-refractivity contribution in [2.24, 2.45) is 0 Å². The second-order valence-electron chi connectivity index (χ2n) is 26.4. The second kappa shape index (κ2) is 63.5. The first-order valence-electron chi connectivity index (χ1n) is 37.4. The molecule has 1 rings (SSSR count). The molecule has 9 atom stereocenters. The van der Waals surface area contributed by atoms with Crippen molar-refractivity contribution in [2.75, 3.05) is 13.2 Å². The number of hydrogen-bond acceptors (Lipinski definition) is 10. The molecule has 0 saturated carbocycles. The van der Waals surface area contributed by atoms with E-state index in [9.17, 15) is 40.5 Å². The average Bonchev–Trinajstić information content (AvgIpc) is 2.54. The van der Waals surface area contributed by atoms with E-state index in [1.165, 1.54) is 283 Å². The number of carbonyl (C=O) groups excluding carboxylic acids is 1. The zero-order valence-electron chi connectivity index (χ0n) is 56.3. The lowest BCUT2D eigenvalue weighted by atomic mass is 9.98. The van der Waals surface area contributed by atoms with Gasteiger partial charge >= 0.3 is 0 Å². The summed E-state index contributed by atoms with van der Waals surface area (Å²) in [6.07, 6.45) is 71.0. The quantitative estimate of drug-likeness (QED) is 0.0215. The zero-order valence-corrected chi connectivity index (χ0v) is 56.3. The van der Waals surface area contributed by atoms with Crippen LogP contribution in [-0.2, 0) is 14.3 Å². The fraction of sp³-hybridized carbons (Fsp3) is 0.907. The standard InChI is InChI=1S/C75H143NO10/c1-3-5-7-9-11-13-15-17-19-21-23-25-27-29-31-32-33-34-35-37-39-41-43-45-47-49-51-53-55-57-59-61-63-68(79)74(84)76-66(65-85-75-73(83)72(82)71(81)69(64-77)86-75)70(80)67(78)62-60-58-56-54-52-50-48-46-44-42-40-38-36-30-28-26-24-22-20-18-16-14-12-10-8-6-4-2/h23,25,29,31,54,56,66-73,75,77-83H,3-22,24,26-28,30,32-53,55,57-65H2,1-2H3,(H,76,84)/b25-23-,31-29-,56-54+. The number of allylic oxidation sites excluding steroid dienone is 6. The number of nitrogens with one attached hydrogen (secondary N) is 1. The maximum absolute atomic E-state index is 13.3. The van der Waals surface area contributed by atoms with E-state index in [1.54, 1.807) is 0 Å². The Labute approximate surface area is 530 Å². The van der Waals surface area contributed by atoms with Crippen LogP contribution >= 0.6 is 0 Å². The first kappa shape index (κ1) is 82.3. The summed E-state index contributed by atoms with van der Waals surface area (Å²) in [7, 11) is 0. The third-order valence-electron chi connectivity index (χ3n) is 18.2. The summed E-state index contributed by atoms with van der Waals surface area (Å²) in [5.74, 6) is -0.700. The van der Waals surface area contributed by atoms with Gasteiger partial charge in [-0.2, -0.15) is 0 Å². The van der Waals surface area contributed by atoms with Crippen molar-refractivity contribution in [1.82, 2.24) is 5.32 Å². The van der Waals surface area contributed by atoms with Gasteiger partial charge in [-0.25, -0.2) is 0 Å². The Kier molecular flexibility index (Phi) is 60.8. The molecule has 1 amide bonds. The first-order chi connectivity index (χ1) is 42.2. The normalized spacial score (nSPS) is 18.9. The molecule has 0 aliphatic carbocycles. The monoisotopic (exact) mass is 1220 g/mol. The van der Waals surface area contributed by atoms with Gasteiger partial charge in [-0.05, 0) is 70.6 Å². The van der Waals surface area contributed by atoms with Gasteiger partial charge in [-0.1, -0.05) is 333 Å². The molecule has 11 heteroatoms. The van der Waals surface area contributed by atoms with Gasteiger partial charge in [0.1, 0.15) is 36.6 Å². The topological polar surface area (TPSA) is 189 Å². The summed E-state index contributed by atoms with van der Waals surface area (Å²) in [6, 6.07) is -1.19. The van der Waals surface area contributed by atoms with Crippen molar-refractivity contribution in [1.29, 1.82) is 0 Å². The lowest BCUT2D eigenvalue weighted by Gasteiger charge is -2.40. The number of rotatable bonds is 66. The smallest absolute Gasteiger partial charge is 0.249 e. The Hall–Kier alpha value is -1.67. The Balaban J connectivity index is 2.18. The number of aliphatic hydroxyl groups is 7. The maximum atomic E-state index is 13.3. The van der Waals surface area contributed by atoms with Crippen LogP contribution in [0.2, 0.25) is 0 Å². The van der Waals surface area contributed by atoms with E-state index in [0.717, 1.165) is 44.9 Å². The number of carbonyl (C=O) groups is 1. The van der Waals surface area contributed by atoms with Crippen LogP contribution in [0.3, 0.4) is 0 Å². The highest BCUT2D eigenvalue weighted by molar-refractivity contribution is 5.80. The van der Waals surface area contributed by atoms with Gasteiger partial charge < -0.3 is 50.5 Å². The number of aliphatic hydroxyl groups excluding tert-OH is 7. The van der Waals surface area contributed by atoms with E-state index in [4.69, 9.17) is 9.47 Å². The lowest BCUT2D eigenvalue weighted by Crippen LogP contribution is -2.60. The summed E-state index contributed by atoms with van der Waals surface area (Å²) < 4.78 is 11.2. The number of hydrogen-bond donors (Lipinski definition) is 8. The van der Waals surface area contributed by atoms with E-state index < -0.39 is 74.2 Å². The average molecular weight is 1220 g/mol. The Morgan fingerprint density at radius 3 is 1.07 bits per heavy atom. The molecule has 1 heterocycles. The van der Waals surface area contributed by atoms with E-state index in [2.05, 4.69) is 55.6 Å². The molecule has 1 saturated heterocycles. The Bertz CT molecular complexity index is 1490. The molecule has 11 nitrogen and oxygen atoms in total. The van der Waals surface area contributed by atoms with Crippen LogP contribution in [0.5, 0.6) is 0 Å². The molecular formula is C75H143NO10. The molecule has 508 valence electrons. The van der Waals surface area contributed by atoms with Gasteiger partial charge in [0.15, 0.2) is 6.29 Å². The lowest BCUT2D eigenvalue weighted by molar-refractivity contribution is -0.303. The van der Waals surface area contributed by atoms with Gasteiger partial charge in [0.05, 0.1) is 25.4 Å². The highest BCUT2D eigenvalue weighted by Gasteiger charge is 2.44. The molecular weight excluding hydrogens is 1070 g/mol. The van der Waals surface area contributed by atoms with Gasteiger partial charge in [-0.15, -0.1) is 0 Å². The molecule has 1 aliphatic rings. The van der Waals surface area contributed by atoms with Crippen LogP contribution in [-0.4, -0.2) is 110 Å². The van der Waals surface area contributed by atoms with E-state index in [-0.39, 0.29) is 12.8 Å². The van der Waals surface area contributed by atoms with Gasteiger partial charge in [0.2, 0.25) is 5.91 Å². The van der Waals surface area contributed by atoms with Crippen LogP contribution in [0.25, 0.3) is 0 Å². The van der Waals surface area contributed by atoms with Crippen molar-refractivity contribution in [2.45, 2.75) is 422 Å². The highest BCUT2D eigenvalue weighted by Crippen LogP contribution is 2.24. The molecule has 0 spiro atoms. The summed E-state index contributed by atoms with van der Waals surface area (Å²) in [6.45, 7) is 3.50. The highest BCUT2D eigenvalue weighted by atomic mass is 16.7. The van der Waals surface area contributed by atoms with Crippen molar-refractivity contribution >= 4 is 5.91 Å². The molecule has 0 aromatic carbocycles. The van der Waals surface area contributed by atoms with E-state index in [0.29, 0.717) is 12.8 Å². The van der Waals surface area contributed by atoms with Crippen LogP contribution in [0.1, 0.15) is 367 Å². The maximum Gasteiger partial charge on any atom is 0.249 e.